The van der Waals surface area contributed by atoms with Crippen LogP contribution in [-0.2, 0) is 14.3 Å². The Bertz CT molecular complexity index is 557. The van der Waals surface area contributed by atoms with E-state index in [1.165, 1.54) is 6.07 Å². The Morgan fingerprint density at radius 1 is 1.12 bits per heavy atom. The van der Waals surface area contributed by atoms with Crippen molar-refractivity contribution in [1.82, 2.24) is 5.32 Å². The fourth-order valence-corrected chi connectivity index (χ4v) is 2.99. The fourth-order valence-electron chi connectivity index (χ4n) is 2.99. The molecule has 0 aromatic heterocycles. The van der Waals surface area contributed by atoms with Gasteiger partial charge in [-0.3, -0.25) is 9.59 Å². The van der Waals surface area contributed by atoms with Crippen molar-refractivity contribution in [3.05, 3.63) is 30.1 Å². The van der Waals surface area contributed by atoms with Gasteiger partial charge in [0.2, 0.25) is 11.8 Å². The van der Waals surface area contributed by atoms with Gasteiger partial charge < -0.3 is 15.4 Å². The molecule has 0 bridgehead atoms. The van der Waals surface area contributed by atoms with Gasteiger partial charge in [0.25, 0.3) is 0 Å². The first-order chi connectivity index (χ1) is 11.6. The molecule has 0 heterocycles. The number of carbonyl (C=O) groups excluding carboxylic acids is 2. The molecule has 6 heteroatoms. The molecule has 2 N–H and O–H groups in total. The molecule has 0 saturated heterocycles. The third kappa shape index (κ3) is 5.30. The third-order valence-electron chi connectivity index (χ3n) is 4.42. The zero-order chi connectivity index (χ0) is 17.4. The largest absolute Gasteiger partial charge is 0.385 e. The number of hydrogen-bond donors (Lipinski definition) is 2. The predicted octanol–water partition coefficient (Wildman–Crippen LogP) is 2.72. The maximum absolute atomic E-state index is 13.6. The predicted molar refractivity (Wildman–Crippen MR) is 90.0 cm³/mol. The van der Waals surface area contributed by atoms with Crippen molar-refractivity contribution in [3.63, 3.8) is 0 Å². The van der Waals surface area contributed by atoms with Crippen molar-refractivity contribution in [3.8, 4) is 0 Å². The molecule has 0 unspecified atom stereocenters. The summed E-state index contributed by atoms with van der Waals surface area (Å²) in [6.45, 7) is 1.24. The Balaban J connectivity index is 1.75. The molecule has 1 aromatic carbocycles. The van der Waals surface area contributed by atoms with Crippen LogP contribution in [0.2, 0.25) is 0 Å². The Morgan fingerprint density at radius 3 is 2.38 bits per heavy atom. The first kappa shape index (κ1) is 18.4. The molecule has 1 aliphatic rings. The summed E-state index contributed by atoms with van der Waals surface area (Å²) >= 11 is 0. The summed E-state index contributed by atoms with van der Waals surface area (Å²) in [6, 6.07) is 6.14. The highest BCUT2D eigenvalue weighted by Gasteiger charge is 2.30. The summed E-state index contributed by atoms with van der Waals surface area (Å²) < 4.78 is 18.5. The van der Waals surface area contributed by atoms with Crippen LogP contribution >= 0.6 is 0 Å². The Labute approximate surface area is 142 Å². The van der Waals surface area contributed by atoms with Gasteiger partial charge in [-0.15, -0.1) is 0 Å². The molecule has 0 atom stereocenters. The van der Waals surface area contributed by atoms with E-state index in [1.807, 2.05) is 0 Å². The lowest BCUT2D eigenvalue weighted by molar-refractivity contribution is -0.128. The summed E-state index contributed by atoms with van der Waals surface area (Å²) in [6.07, 6.45) is 3.46. The van der Waals surface area contributed by atoms with Crippen LogP contribution < -0.4 is 10.6 Å². The summed E-state index contributed by atoms with van der Waals surface area (Å²) in [4.78, 5) is 24.3. The van der Waals surface area contributed by atoms with Crippen molar-refractivity contribution < 1.29 is 18.7 Å². The van der Waals surface area contributed by atoms with E-state index in [2.05, 4.69) is 10.6 Å². The number of amides is 2. The van der Waals surface area contributed by atoms with Gasteiger partial charge in [-0.25, -0.2) is 4.39 Å². The topological polar surface area (TPSA) is 67.4 Å². The lowest BCUT2D eigenvalue weighted by Gasteiger charge is -2.27. The number of ether oxygens (including phenoxy) is 1. The van der Waals surface area contributed by atoms with Crippen molar-refractivity contribution >= 4 is 17.5 Å². The minimum absolute atomic E-state index is 0.0370. The number of halogens is 1. The van der Waals surface area contributed by atoms with E-state index in [0.717, 1.165) is 6.42 Å². The van der Waals surface area contributed by atoms with Crippen LogP contribution in [0, 0.1) is 17.7 Å². The SMILES string of the molecule is COCCCNC(=O)C1CCC(C(=O)Nc2ccccc2F)CC1. The number of carbonyl (C=O) groups is 2. The maximum Gasteiger partial charge on any atom is 0.227 e. The second-order valence-corrected chi connectivity index (χ2v) is 6.16. The summed E-state index contributed by atoms with van der Waals surface area (Å²) in [5.74, 6) is -0.750. The maximum atomic E-state index is 13.6. The zero-order valence-corrected chi connectivity index (χ0v) is 14.0. The van der Waals surface area contributed by atoms with E-state index in [9.17, 15) is 14.0 Å². The van der Waals surface area contributed by atoms with Gasteiger partial charge in [-0.05, 0) is 44.2 Å². The number of rotatable bonds is 7. The van der Waals surface area contributed by atoms with Crippen LogP contribution in [0.25, 0.3) is 0 Å². The number of para-hydroxylation sites is 1. The standard InChI is InChI=1S/C18H25FN2O3/c1-24-12-4-11-20-17(22)13-7-9-14(10-8-13)18(23)21-16-6-3-2-5-15(16)19/h2-3,5-6,13-14H,4,7-12H2,1H3,(H,20,22)(H,21,23). The minimum atomic E-state index is -0.435. The number of benzene rings is 1. The van der Waals surface area contributed by atoms with Crippen LogP contribution in [0.4, 0.5) is 10.1 Å². The second kappa shape index (κ2) is 9.37. The molecular formula is C18H25FN2O3. The lowest BCUT2D eigenvalue weighted by atomic mass is 9.81. The average molecular weight is 336 g/mol. The summed E-state index contributed by atoms with van der Waals surface area (Å²) in [5, 5.41) is 5.55. The molecule has 5 nitrogen and oxygen atoms in total. The number of hydrogen-bond acceptors (Lipinski definition) is 3. The zero-order valence-electron chi connectivity index (χ0n) is 14.0. The Kier molecular flexibility index (Phi) is 7.18. The highest BCUT2D eigenvalue weighted by molar-refractivity contribution is 5.92. The summed E-state index contributed by atoms with van der Waals surface area (Å²) in [5.41, 5.74) is 0.209. The van der Waals surface area contributed by atoms with Crippen molar-refractivity contribution in [2.24, 2.45) is 11.8 Å². The van der Waals surface area contributed by atoms with Crippen LogP contribution in [0.1, 0.15) is 32.1 Å². The molecular weight excluding hydrogens is 311 g/mol. The van der Waals surface area contributed by atoms with Gasteiger partial charge in [0.05, 0.1) is 5.69 Å². The molecule has 2 amide bonds. The van der Waals surface area contributed by atoms with E-state index < -0.39 is 5.82 Å². The van der Waals surface area contributed by atoms with Gasteiger partial charge in [-0.2, -0.15) is 0 Å². The smallest absolute Gasteiger partial charge is 0.227 e. The molecule has 1 aromatic rings. The first-order valence-corrected chi connectivity index (χ1v) is 8.44. The quantitative estimate of drug-likeness (QED) is 0.752. The highest BCUT2D eigenvalue weighted by atomic mass is 19.1. The van der Waals surface area contributed by atoms with Crippen LogP contribution in [0.15, 0.2) is 24.3 Å². The molecule has 0 spiro atoms. The third-order valence-corrected chi connectivity index (χ3v) is 4.42. The van der Waals surface area contributed by atoms with Crippen LogP contribution in [0.5, 0.6) is 0 Å². The van der Waals surface area contributed by atoms with E-state index >= 15 is 0 Å². The van der Waals surface area contributed by atoms with E-state index in [4.69, 9.17) is 4.74 Å². The van der Waals surface area contributed by atoms with Gasteiger partial charge >= 0.3 is 0 Å². The normalized spacial score (nSPS) is 20.4. The van der Waals surface area contributed by atoms with Crippen LogP contribution in [0.3, 0.4) is 0 Å². The lowest BCUT2D eigenvalue weighted by Crippen LogP contribution is -2.36. The first-order valence-electron chi connectivity index (χ1n) is 8.44. The van der Waals surface area contributed by atoms with Gasteiger partial charge in [-0.1, -0.05) is 12.1 Å². The Hall–Kier alpha value is -1.95. The van der Waals surface area contributed by atoms with Gasteiger partial charge in [0.1, 0.15) is 5.82 Å². The van der Waals surface area contributed by atoms with Crippen molar-refractivity contribution in [2.75, 3.05) is 25.6 Å². The average Bonchev–Trinajstić information content (AvgIpc) is 2.60. The van der Waals surface area contributed by atoms with E-state index in [1.54, 1.807) is 25.3 Å². The summed E-state index contributed by atoms with van der Waals surface area (Å²) in [7, 11) is 1.63. The van der Waals surface area contributed by atoms with Crippen molar-refractivity contribution in [1.29, 1.82) is 0 Å². The molecule has 0 aliphatic heterocycles. The number of methoxy groups -OCH3 is 1. The number of anilines is 1. The van der Waals surface area contributed by atoms with E-state index in [0.29, 0.717) is 38.8 Å². The molecule has 2 rings (SSSR count). The van der Waals surface area contributed by atoms with Gasteiger partial charge in [0.15, 0.2) is 0 Å². The number of nitrogens with one attached hydrogen (secondary N) is 2. The molecule has 24 heavy (non-hydrogen) atoms. The Morgan fingerprint density at radius 2 is 1.75 bits per heavy atom. The second-order valence-electron chi connectivity index (χ2n) is 6.16. The van der Waals surface area contributed by atoms with E-state index in [-0.39, 0.29) is 29.3 Å². The molecule has 0 radical (unpaired) electrons. The monoisotopic (exact) mass is 336 g/mol. The van der Waals surface area contributed by atoms with Gasteiger partial charge in [0, 0.05) is 32.1 Å². The minimum Gasteiger partial charge on any atom is -0.385 e. The molecule has 1 aliphatic carbocycles. The molecule has 132 valence electrons. The molecule has 1 saturated carbocycles. The van der Waals surface area contributed by atoms with Crippen molar-refractivity contribution in [2.45, 2.75) is 32.1 Å². The molecule has 1 fully saturated rings. The van der Waals surface area contributed by atoms with Crippen LogP contribution in [-0.4, -0.2) is 32.1 Å². The highest BCUT2D eigenvalue weighted by Crippen LogP contribution is 2.30. The fraction of sp³-hybridized carbons (Fsp3) is 0.556.